The molecule has 0 spiro atoms. The molecule has 26 heavy (non-hydrogen) atoms. The van der Waals surface area contributed by atoms with E-state index >= 15 is 0 Å². The van der Waals surface area contributed by atoms with Crippen LogP contribution in [-0.4, -0.2) is 38.9 Å². The van der Waals surface area contributed by atoms with Crippen molar-refractivity contribution in [3.63, 3.8) is 0 Å². The van der Waals surface area contributed by atoms with Gasteiger partial charge in [0.05, 0.1) is 10.6 Å². The molecule has 1 heterocycles. The number of halogens is 1. The van der Waals surface area contributed by atoms with Crippen molar-refractivity contribution >= 4 is 33.2 Å². The van der Waals surface area contributed by atoms with Gasteiger partial charge < -0.3 is 4.90 Å². The summed E-state index contributed by atoms with van der Waals surface area (Å²) in [5, 5.41) is 0.491. The van der Waals surface area contributed by atoms with Gasteiger partial charge in [0.1, 0.15) is 0 Å². The van der Waals surface area contributed by atoms with Gasteiger partial charge >= 0.3 is 0 Å². The number of carbonyl (C=O) groups excluding carboxylic acids is 1. The Bertz CT molecular complexity index is 922. The minimum Gasteiger partial charge on any atom is -0.339 e. The van der Waals surface area contributed by atoms with Crippen LogP contribution in [0.4, 0.5) is 5.69 Å². The van der Waals surface area contributed by atoms with E-state index in [9.17, 15) is 13.2 Å². The number of carbonyl (C=O) groups is 1. The molecule has 0 unspecified atom stereocenters. The summed E-state index contributed by atoms with van der Waals surface area (Å²) in [5.74, 6) is -0.0307. The van der Waals surface area contributed by atoms with Crippen LogP contribution in [0.2, 0.25) is 5.02 Å². The molecule has 0 aliphatic carbocycles. The van der Waals surface area contributed by atoms with Crippen molar-refractivity contribution in [2.75, 3.05) is 23.9 Å². The Morgan fingerprint density at radius 3 is 2.38 bits per heavy atom. The molecule has 0 fully saturated rings. The first-order chi connectivity index (χ1) is 12.4. The van der Waals surface area contributed by atoms with Crippen LogP contribution in [0, 0.1) is 0 Å². The maximum Gasteiger partial charge on any atom is 0.264 e. The molecule has 1 aliphatic heterocycles. The Hall–Kier alpha value is -2.05. The molecule has 0 N–H and O–H groups in total. The van der Waals surface area contributed by atoms with E-state index < -0.39 is 10.0 Å². The SMILES string of the molecule is CCN(CC)C(=O)c1ccc2c(c1)CCN2S(=O)(=O)c1ccc(Cl)cc1. The lowest BCUT2D eigenvalue weighted by atomic mass is 10.1. The van der Waals surface area contributed by atoms with Gasteiger partial charge in [-0.3, -0.25) is 9.10 Å². The molecule has 0 atom stereocenters. The molecule has 0 aromatic heterocycles. The van der Waals surface area contributed by atoms with Crippen molar-refractivity contribution in [2.24, 2.45) is 0 Å². The Kier molecular flexibility index (Phi) is 5.25. The molecular weight excluding hydrogens is 372 g/mol. The third-order valence-electron chi connectivity index (χ3n) is 4.63. The van der Waals surface area contributed by atoms with Gasteiger partial charge in [-0.2, -0.15) is 0 Å². The van der Waals surface area contributed by atoms with E-state index in [1.165, 1.54) is 16.4 Å². The highest BCUT2D eigenvalue weighted by Gasteiger charge is 2.31. The van der Waals surface area contributed by atoms with Gasteiger partial charge in [-0.15, -0.1) is 0 Å². The molecule has 1 aliphatic rings. The topological polar surface area (TPSA) is 57.7 Å². The normalized spacial score (nSPS) is 13.6. The van der Waals surface area contributed by atoms with Crippen LogP contribution in [0.3, 0.4) is 0 Å². The maximum absolute atomic E-state index is 12.9. The van der Waals surface area contributed by atoms with Crippen LogP contribution in [0.1, 0.15) is 29.8 Å². The summed E-state index contributed by atoms with van der Waals surface area (Å²) in [6.07, 6.45) is 0.585. The lowest BCUT2D eigenvalue weighted by molar-refractivity contribution is 0.0773. The quantitative estimate of drug-likeness (QED) is 0.781. The predicted molar refractivity (Wildman–Crippen MR) is 103 cm³/mol. The smallest absolute Gasteiger partial charge is 0.264 e. The molecule has 7 heteroatoms. The molecule has 0 radical (unpaired) electrons. The van der Waals surface area contributed by atoms with Gasteiger partial charge in [-0.05, 0) is 68.3 Å². The van der Waals surface area contributed by atoms with E-state index in [0.29, 0.717) is 42.3 Å². The van der Waals surface area contributed by atoms with Gasteiger partial charge in [0.15, 0.2) is 0 Å². The van der Waals surface area contributed by atoms with Crippen LogP contribution < -0.4 is 4.31 Å². The first-order valence-corrected chi connectivity index (χ1v) is 10.4. The van der Waals surface area contributed by atoms with E-state index in [4.69, 9.17) is 11.6 Å². The third kappa shape index (κ3) is 3.31. The second-order valence-corrected chi connectivity index (χ2v) is 8.40. The molecule has 0 bridgehead atoms. The summed E-state index contributed by atoms with van der Waals surface area (Å²) in [4.78, 5) is 14.5. The number of hydrogen-bond acceptors (Lipinski definition) is 3. The number of benzene rings is 2. The minimum atomic E-state index is -3.65. The van der Waals surface area contributed by atoms with Crippen molar-refractivity contribution in [3.8, 4) is 0 Å². The van der Waals surface area contributed by atoms with Gasteiger partial charge in [-0.25, -0.2) is 8.42 Å². The van der Waals surface area contributed by atoms with E-state index in [1.807, 2.05) is 19.9 Å². The zero-order valence-corrected chi connectivity index (χ0v) is 16.3. The molecule has 0 saturated carbocycles. The number of hydrogen-bond donors (Lipinski definition) is 0. The highest BCUT2D eigenvalue weighted by atomic mass is 35.5. The monoisotopic (exact) mass is 392 g/mol. The van der Waals surface area contributed by atoms with Gasteiger partial charge in [0.2, 0.25) is 0 Å². The molecule has 138 valence electrons. The number of rotatable bonds is 5. The fourth-order valence-electron chi connectivity index (χ4n) is 3.18. The average molecular weight is 393 g/mol. The summed E-state index contributed by atoms with van der Waals surface area (Å²) >= 11 is 5.85. The largest absolute Gasteiger partial charge is 0.339 e. The molecule has 2 aromatic carbocycles. The van der Waals surface area contributed by atoms with E-state index in [-0.39, 0.29) is 10.8 Å². The second-order valence-electron chi connectivity index (χ2n) is 6.10. The van der Waals surface area contributed by atoms with Crippen molar-refractivity contribution in [3.05, 3.63) is 58.6 Å². The Labute approximate surface area is 159 Å². The zero-order valence-electron chi connectivity index (χ0n) is 14.8. The van der Waals surface area contributed by atoms with Crippen LogP contribution in [0.25, 0.3) is 0 Å². The van der Waals surface area contributed by atoms with Crippen molar-refractivity contribution in [2.45, 2.75) is 25.2 Å². The number of anilines is 1. The van der Waals surface area contributed by atoms with Crippen molar-refractivity contribution in [1.82, 2.24) is 4.90 Å². The van der Waals surface area contributed by atoms with Crippen molar-refractivity contribution < 1.29 is 13.2 Å². The lowest BCUT2D eigenvalue weighted by Crippen LogP contribution is -2.30. The Morgan fingerprint density at radius 2 is 1.77 bits per heavy atom. The van der Waals surface area contributed by atoms with Crippen LogP contribution in [0.5, 0.6) is 0 Å². The van der Waals surface area contributed by atoms with E-state index in [2.05, 4.69) is 0 Å². The average Bonchev–Trinajstić information content (AvgIpc) is 3.07. The Balaban J connectivity index is 1.93. The highest BCUT2D eigenvalue weighted by molar-refractivity contribution is 7.92. The number of nitrogens with zero attached hydrogens (tertiary/aromatic N) is 2. The van der Waals surface area contributed by atoms with E-state index in [0.717, 1.165) is 5.56 Å². The Morgan fingerprint density at radius 1 is 1.12 bits per heavy atom. The fourth-order valence-corrected chi connectivity index (χ4v) is 4.81. The molecule has 2 aromatic rings. The molecule has 0 saturated heterocycles. The zero-order chi connectivity index (χ0) is 18.9. The van der Waals surface area contributed by atoms with Crippen LogP contribution in [-0.2, 0) is 16.4 Å². The summed E-state index contributed by atoms with van der Waals surface area (Å²) in [6, 6.07) is 11.4. The lowest BCUT2D eigenvalue weighted by Gasteiger charge is -2.21. The summed E-state index contributed by atoms with van der Waals surface area (Å²) in [6.45, 7) is 5.53. The first kappa shape index (κ1) is 18.7. The minimum absolute atomic E-state index is 0.0307. The fraction of sp³-hybridized carbons (Fsp3) is 0.316. The molecule has 5 nitrogen and oxygen atoms in total. The molecule has 3 rings (SSSR count). The molecule has 1 amide bonds. The van der Waals surface area contributed by atoms with Gasteiger partial charge in [0, 0.05) is 30.2 Å². The van der Waals surface area contributed by atoms with Gasteiger partial charge in [0.25, 0.3) is 15.9 Å². The van der Waals surface area contributed by atoms with E-state index in [1.54, 1.807) is 29.2 Å². The predicted octanol–water partition coefficient (Wildman–Crippen LogP) is 3.57. The second kappa shape index (κ2) is 7.29. The number of fused-ring (bicyclic) bond motifs is 1. The maximum atomic E-state index is 12.9. The van der Waals surface area contributed by atoms with Gasteiger partial charge in [-0.1, -0.05) is 11.6 Å². The highest BCUT2D eigenvalue weighted by Crippen LogP contribution is 2.34. The summed E-state index contributed by atoms with van der Waals surface area (Å²) in [7, 11) is -3.65. The first-order valence-electron chi connectivity index (χ1n) is 8.59. The number of sulfonamides is 1. The van der Waals surface area contributed by atoms with Crippen molar-refractivity contribution in [1.29, 1.82) is 0 Å². The number of amides is 1. The molecular formula is C19H21ClN2O3S. The van der Waals surface area contributed by atoms with Crippen LogP contribution in [0.15, 0.2) is 47.4 Å². The summed E-state index contributed by atoms with van der Waals surface area (Å²) in [5.41, 5.74) is 2.11. The summed E-state index contributed by atoms with van der Waals surface area (Å²) < 4.78 is 27.3. The van der Waals surface area contributed by atoms with Crippen LogP contribution >= 0.6 is 11.6 Å². The third-order valence-corrected chi connectivity index (χ3v) is 6.71. The standard InChI is InChI=1S/C19H21ClN2O3S/c1-3-21(4-2)19(23)15-5-10-18-14(13-15)11-12-22(18)26(24,25)17-8-6-16(20)7-9-17/h5-10,13H,3-4,11-12H2,1-2H3.